The lowest BCUT2D eigenvalue weighted by atomic mass is 9.96. The van der Waals surface area contributed by atoms with Crippen molar-refractivity contribution in [2.24, 2.45) is 0 Å². The van der Waals surface area contributed by atoms with Crippen LogP contribution in [0, 0.1) is 11.3 Å². The minimum absolute atomic E-state index is 0.222. The average molecular weight is 273 g/mol. The van der Waals surface area contributed by atoms with E-state index in [9.17, 15) is 5.26 Å². The molecule has 2 unspecified atom stereocenters. The zero-order chi connectivity index (χ0) is 13.5. The molecule has 0 saturated heterocycles. The Morgan fingerprint density at radius 1 is 1.11 bits per heavy atom. The van der Waals surface area contributed by atoms with Gasteiger partial charge >= 0.3 is 0 Å². The Morgan fingerprint density at radius 2 is 1.61 bits per heavy atom. The largest absolute Gasteiger partial charge is 0.192 e. The van der Waals surface area contributed by atoms with Gasteiger partial charge in [0.05, 0.1) is 11.6 Å². The summed E-state index contributed by atoms with van der Waals surface area (Å²) in [5.74, 6) is 0. The molecule has 0 radical (unpaired) electrons. The van der Waals surface area contributed by atoms with Crippen molar-refractivity contribution in [2.45, 2.75) is 10.5 Å². The lowest BCUT2D eigenvalue weighted by Gasteiger charge is -2.18. The van der Waals surface area contributed by atoms with Crippen molar-refractivity contribution in [3.8, 4) is 6.07 Å². The molecule has 0 aliphatic carbocycles. The second-order valence-corrected chi connectivity index (χ2v) is 4.78. The predicted molar refractivity (Wildman–Crippen MR) is 84.9 cm³/mol. The van der Waals surface area contributed by atoms with Crippen LogP contribution in [0.5, 0.6) is 0 Å². The Balaban J connectivity index is 3.44. The van der Waals surface area contributed by atoms with E-state index in [0.717, 1.165) is 11.1 Å². The van der Waals surface area contributed by atoms with E-state index in [1.54, 1.807) is 12.2 Å². The zero-order valence-corrected chi connectivity index (χ0v) is 11.7. The van der Waals surface area contributed by atoms with Crippen molar-refractivity contribution in [1.29, 1.82) is 5.26 Å². The number of hydrogen-bond acceptors (Lipinski definition) is 3. The third-order valence-electron chi connectivity index (χ3n) is 2.55. The zero-order valence-electron chi connectivity index (χ0n) is 9.95. The van der Waals surface area contributed by atoms with Crippen LogP contribution in [-0.4, -0.2) is 10.5 Å². The van der Waals surface area contributed by atoms with E-state index in [4.69, 9.17) is 0 Å². The molecule has 0 bridgehead atoms. The van der Waals surface area contributed by atoms with Crippen molar-refractivity contribution in [2.75, 3.05) is 0 Å². The van der Waals surface area contributed by atoms with Gasteiger partial charge in [0.15, 0.2) is 0 Å². The van der Waals surface area contributed by atoms with Gasteiger partial charge in [-0.25, -0.2) is 0 Å². The quantitative estimate of drug-likeness (QED) is 0.474. The highest BCUT2D eigenvalue weighted by Crippen LogP contribution is 2.29. The van der Waals surface area contributed by atoms with Crippen LogP contribution in [0.4, 0.5) is 0 Å². The van der Waals surface area contributed by atoms with Gasteiger partial charge in [-0.2, -0.15) is 30.5 Å². The van der Waals surface area contributed by atoms with Crippen LogP contribution >= 0.6 is 25.3 Å². The minimum atomic E-state index is -0.222. The Morgan fingerprint density at radius 3 is 2.00 bits per heavy atom. The van der Waals surface area contributed by atoms with Gasteiger partial charge < -0.3 is 0 Å². The fraction of sp³-hybridized carbons (Fsp3) is 0.133. The lowest BCUT2D eigenvalue weighted by molar-refractivity contribution is 1.16. The molecular weight excluding hydrogens is 258 g/mol. The molecule has 0 spiro atoms. The fourth-order valence-corrected chi connectivity index (χ4v) is 2.32. The molecule has 0 heterocycles. The Kier molecular flexibility index (Phi) is 5.84. The molecule has 1 aromatic rings. The highest BCUT2D eigenvalue weighted by Gasteiger charge is 2.19. The van der Waals surface area contributed by atoms with Gasteiger partial charge in [0.25, 0.3) is 0 Å². The molecule has 0 amide bonds. The number of nitriles is 1. The number of hydrogen-bond donors (Lipinski definition) is 2. The van der Waals surface area contributed by atoms with E-state index in [-0.39, 0.29) is 10.5 Å². The Bertz CT molecular complexity index is 481. The van der Waals surface area contributed by atoms with E-state index >= 15 is 0 Å². The van der Waals surface area contributed by atoms with Crippen LogP contribution in [0.3, 0.4) is 0 Å². The van der Waals surface area contributed by atoms with Crippen LogP contribution in [0.15, 0.2) is 61.2 Å². The van der Waals surface area contributed by atoms with Crippen LogP contribution < -0.4 is 0 Å². The smallest absolute Gasteiger partial charge is 0.0998 e. The fourth-order valence-electron chi connectivity index (χ4n) is 1.63. The molecule has 92 valence electrons. The summed E-state index contributed by atoms with van der Waals surface area (Å²) in [5.41, 5.74) is 2.24. The topological polar surface area (TPSA) is 23.8 Å². The van der Waals surface area contributed by atoms with Gasteiger partial charge in [-0.15, -0.1) is 13.2 Å². The highest BCUT2D eigenvalue weighted by molar-refractivity contribution is 7.82. The van der Waals surface area contributed by atoms with E-state index < -0.39 is 0 Å². The Hall–Kier alpha value is -1.37. The van der Waals surface area contributed by atoms with Crippen LogP contribution in [0.1, 0.15) is 5.56 Å². The summed E-state index contributed by atoms with van der Waals surface area (Å²) in [6.07, 6.45) is 3.37. The minimum Gasteiger partial charge on any atom is -0.192 e. The first kappa shape index (κ1) is 14.7. The van der Waals surface area contributed by atoms with Crippen LogP contribution in [0.25, 0.3) is 5.57 Å². The SMILES string of the molecule is C=CC(S)C(=C(C#N)c1ccccc1)C(S)C=C. The standard InChI is InChI=1S/C15H15NS2/c1-3-13(17)15(14(18)4-2)12(10-16)11-8-6-5-7-9-11/h3-9,13-14,17-18H,1-2H2. The normalized spacial score (nSPS) is 12.9. The second-order valence-electron chi connectivity index (χ2n) is 3.67. The van der Waals surface area contributed by atoms with Crippen molar-refractivity contribution < 1.29 is 0 Å². The summed E-state index contributed by atoms with van der Waals surface area (Å²) in [6, 6.07) is 11.7. The van der Waals surface area contributed by atoms with Gasteiger partial charge in [-0.1, -0.05) is 42.5 Å². The Labute approximate surface area is 119 Å². The molecule has 0 N–H and O–H groups in total. The molecule has 0 aliphatic heterocycles. The first-order valence-corrected chi connectivity index (χ1v) is 6.49. The number of benzene rings is 1. The third-order valence-corrected chi connectivity index (χ3v) is 3.52. The summed E-state index contributed by atoms with van der Waals surface area (Å²) in [5, 5.41) is 8.95. The maximum Gasteiger partial charge on any atom is 0.0998 e. The summed E-state index contributed by atoms with van der Waals surface area (Å²) < 4.78 is 0. The van der Waals surface area contributed by atoms with Gasteiger partial charge in [0.1, 0.15) is 0 Å². The predicted octanol–water partition coefficient (Wildman–Crippen LogP) is 3.93. The number of rotatable bonds is 5. The molecular formula is C15H15NS2. The average Bonchev–Trinajstić information content (AvgIpc) is 2.44. The van der Waals surface area contributed by atoms with E-state index in [0.29, 0.717) is 5.57 Å². The van der Waals surface area contributed by atoms with Gasteiger partial charge in [0, 0.05) is 10.5 Å². The maximum absolute atomic E-state index is 9.39. The molecule has 0 aromatic heterocycles. The second kappa shape index (κ2) is 7.15. The first-order chi connectivity index (χ1) is 8.65. The molecule has 0 aliphatic rings. The number of thiol groups is 2. The molecule has 1 nitrogen and oxygen atoms in total. The number of allylic oxidation sites excluding steroid dienone is 1. The van der Waals surface area contributed by atoms with Crippen molar-refractivity contribution in [3.63, 3.8) is 0 Å². The summed E-state index contributed by atoms with van der Waals surface area (Å²) in [4.78, 5) is 0. The van der Waals surface area contributed by atoms with Gasteiger partial charge in [-0.05, 0) is 11.1 Å². The highest BCUT2D eigenvalue weighted by atomic mass is 32.1. The van der Waals surface area contributed by atoms with Gasteiger partial charge in [-0.3, -0.25) is 0 Å². The summed E-state index contributed by atoms with van der Waals surface area (Å²) in [7, 11) is 0. The summed E-state index contributed by atoms with van der Waals surface area (Å²) in [6.45, 7) is 7.44. The monoisotopic (exact) mass is 273 g/mol. The van der Waals surface area contributed by atoms with Gasteiger partial charge in [0.2, 0.25) is 0 Å². The van der Waals surface area contributed by atoms with Crippen molar-refractivity contribution in [1.82, 2.24) is 0 Å². The first-order valence-electron chi connectivity index (χ1n) is 5.46. The van der Waals surface area contributed by atoms with Crippen LogP contribution in [-0.2, 0) is 0 Å². The molecule has 18 heavy (non-hydrogen) atoms. The molecule has 1 rings (SSSR count). The van der Waals surface area contributed by atoms with E-state index in [1.165, 1.54) is 0 Å². The van der Waals surface area contributed by atoms with E-state index in [2.05, 4.69) is 44.5 Å². The molecule has 1 aromatic carbocycles. The molecule has 0 saturated carbocycles. The van der Waals surface area contributed by atoms with Crippen molar-refractivity contribution >= 4 is 30.8 Å². The molecule has 2 atom stereocenters. The lowest BCUT2D eigenvalue weighted by Crippen LogP contribution is -2.12. The molecule has 3 heteroatoms. The maximum atomic E-state index is 9.39. The number of nitrogens with zero attached hydrogens (tertiary/aromatic N) is 1. The third kappa shape index (κ3) is 3.32. The summed E-state index contributed by atoms with van der Waals surface area (Å²) >= 11 is 8.88. The van der Waals surface area contributed by atoms with E-state index in [1.807, 2.05) is 30.3 Å². The van der Waals surface area contributed by atoms with Crippen LogP contribution in [0.2, 0.25) is 0 Å². The van der Waals surface area contributed by atoms with Crippen molar-refractivity contribution in [3.05, 3.63) is 66.8 Å². The molecule has 0 fully saturated rings.